The van der Waals surface area contributed by atoms with Gasteiger partial charge in [-0.05, 0) is 26.2 Å². The first kappa shape index (κ1) is 9.93. The zero-order chi connectivity index (χ0) is 10.3. The highest BCUT2D eigenvalue weighted by Crippen LogP contribution is 2.44. The Morgan fingerprint density at radius 3 is 2.57 bits per heavy atom. The second-order valence-electron chi connectivity index (χ2n) is 4.60. The van der Waals surface area contributed by atoms with Crippen LogP contribution in [0.25, 0.3) is 0 Å². The maximum atomic E-state index is 11.7. The molecule has 1 aliphatic heterocycles. The lowest BCUT2D eigenvalue weighted by atomic mass is 9.75. The van der Waals surface area contributed by atoms with Crippen LogP contribution in [0.2, 0.25) is 0 Å². The molecule has 4 nitrogen and oxygen atoms in total. The fourth-order valence-electron chi connectivity index (χ4n) is 2.47. The minimum atomic E-state index is -0.448. The Morgan fingerprint density at radius 1 is 1.57 bits per heavy atom. The molecule has 80 valence electrons. The molecular weight excluding hydrogens is 180 g/mol. The predicted molar refractivity (Wildman–Crippen MR) is 52.4 cm³/mol. The summed E-state index contributed by atoms with van der Waals surface area (Å²) < 4.78 is 0. The van der Waals surface area contributed by atoms with Crippen molar-refractivity contribution >= 4 is 5.91 Å². The van der Waals surface area contributed by atoms with Gasteiger partial charge in [-0.1, -0.05) is 0 Å². The van der Waals surface area contributed by atoms with Gasteiger partial charge in [0.1, 0.15) is 0 Å². The second-order valence-corrected chi connectivity index (χ2v) is 4.60. The number of nitrogens with zero attached hydrogens (tertiary/aromatic N) is 2. The fraction of sp³-hybridized carbons (Fsp3) is 0.900. The lowest BCUT2D eigenvalue weighted by molar-refractivity contribution is -0.143. The second kappa shape index (κ2) is 3.21. The number of rotatable bonds is 2. The van der Waals surface area contributed by atoms with Gasteiger partial charge in [-0.3, -0.25) is 9.80 Å². The van der Waals surface area contributed by atoms with Crippen molar-refractivity contribution in [3.8, 4) is 0 Å². The zero-order valence-corrected chi connectivity index (χ0v) is 8.86. The van der Waals surface area contributed by atoms with Crippen molar-refractivity contribution in [2.75, 3.05) is 13.6 Å². The SMILES string of the molecule is CC(O)CN1C(=O)CC2(CCC2)N1C. The molecule has 0 aromatic heterocycles. The summed E-state index contributed by atoms with van der Waals surface area (Å²) >= 11 is 0. The Morgan fingerprint density at radius 2 is 2.21 bits per heavy atom. The van der Waals surface area contributed by atoms with Crippen LogP contribution in [0, 0.1) is 0 Å². The summed E-state index contributed by atoms with van der Waals surface area (Å²) in [5.41, 5.74) is 0.103. The Kier molecular flexibility index (Phi) is 2.27. The van der Waals surface area contributed by atoms with Crippen LogP contribution in [0.5, 0.6) is 0 Å². The molecule has 1 saturated heterocycles. The van der Waals surface area contributed by atoms with Crippen molar-refractivity contribution in [3.05, 3.63) is 0 Å². The molecule has 0 aromatic carbocycles. The van der Waals surface area contributed by atoms with E-state index in [1.54, 1.807) is 11.9 Å². The molecule has 0 bridgehead atoms. The van der Waals surface area contributed by atoms with Crippen molar-refractivity contribution < 1.29 is 9.90 Å². The standard InChI is InChI=1S/C10H18N2O2/c1-8(13)7-12-9(14)6-10(11(12)2)4-3-5-10/h8,13H,3-7H2,1-2H3. The molecule has 2 fully saturated rings. The molecule has 4 heteroatoms. The summed E-state index contributed by atoms with van der Waals surface area (Å²) in [5.74, 6) is 0.160. The van der Waals surface area contributed by atoms with Crippen LogP contribution in [-0.2, 0) is 4.79 Å². The van der Waals surface area contributed by atoms with Crippen molar-refractivity contribution in [2.24, 2.45) is 0 Å². The molecule has 1 amide bonds. The van der Waals surface area contributed by atoms with Gasteiger partial charge in [-0.25, -0.2) is 5.01 Å². The highest BCUT2D eigenvalue weighted by atomic mass is 16.3. The first-order valence-corrected chi connectivity index (χ1v) is 5.27. The molecule has 1 spiro atoms. The fourth-order valence-corrected chi connectivity index (χ4v) is 2.47. The lowest BCUT2D eigenvalue weighted by Crippen LogP contribution is -2.53. The van der Waals surface area contributed by atoms with E-state index in [1.807, 2.05) is 12.1 Å². The maximum absolute atomic E-state index is 11.7. The average Bonchev–Trinajstić information content (AvgIpc) is 2.27. The number of aliphatic hydroxyl groups is 1. The summed E-state index contributed by atoms with van der Waals surface area (Å²) in [6.07, 6.45) is 3.64. The van der Waals surface area contributed by atoms with E-state index in [4.69, 9.17) is 0 Å². The van der Waals surface area contributed by atoms with E-state index in [1.165, 1.54) is 6.42 Å². The summed E-state index contributed by atoms with van der Waals surface area (Å²) in [7, 11) is 1.96. The minimum absolute atomic E-state index is 0.103. The predicted octanol–water partition coefficient (Wildman–Crippen LogP) is 0.369. The summed E-state index contributed by atoms with van der Waals surface area (Å²) in [5, 5.41) is 13.0. The van der Waals surface area contributed by atoms with Crippen LogP contribution in [0.3, 0.4) is 0 Å². The molecule has 0 aromatic rings. The summed E-state index contributed by atoms with van der Waals surface area (Å²) in [6, 6.07) is 0. The molecular formula is C10H18N2O2. The van der Waals surface area contributed by atoms with E-state index in [2.05, 4.69) is 0 Å². The Bertz CT molecular complexity index is 249. The number of carbonyl (C=O) groups is 1. The number of aliphatic hydroxyl groups excluding tert-OH is 1. The molecule has 2 aliphatic rings. The van der Waals surface area contributed by atoms with Crippen LogP contribution in [0.4, 0.5) is 0 Å². The van der Waals surface area contributed by atoms with Crippen LogP contribution in [-0.4, -0.2) is 46.3 Å². The number of hydrogen-bond acceptors (Lipinski definition) is 3. The van der Waals surface area contributed by atoms with Crippen molar-refractivity contribution in [1.82, 2.24) is 10.0 Å². The third-order valence-corrected chi connectivity index (χ3v) is 3.54. The van der Waals surface area contributed by atoms with E-state index in [0.29, 0.717) is 13.0 Å². The molecule has 1 N–H and O–H groups in total. The molecule has 2 rings (SSSR count). The summed E-state index contributed by atoms with van der Waals surface area (Å²) in [6.45, 7) is 2.14. The largest absolute Gasteiger partial charge is 0.392 e. The van der Waals surface area contributed by atoms with Crippen LogP contribution >= 0.6 is 0 Å². The molecule has 1 unspecified atom stereocenters. The molecule has 1 heterocycles. The van der Waals surface area contributed by atoms with Gasteiger partial charge >= 0.3 is 0 Å². The van der Waals surface area contributed by atoms with Gasteiger partial charge in [0.05, 0.1) is 12.6 Å². The zero-order valence-electron chi connectivity index (χ0n) is 8.86. The van der Waals surface area contributed by atoms with Gasteiger partial charge in [-0.15, -0.1) is 0 Å². The van der Waals surface area contributed by atoms with Crippen molar-refractivity contribution in [2.45, 2.75) is 44.2 Å². The third-order valence-electron chi connectivity index (χ3n) is 3.54. The Labute approximate surface area is 84.5 Å². The van der Waals surface area contributed by atoms with Gasteiger partial charge < -0.3 is 5.11 Å². The topological polar surface area (TPSA) is 43.8 Å². The van der Waals surface area contributed by atoms with Gasteiger partial charge in [0.2, 0.25) is 5.91 Å². The normalized spacial score (nSPS) is 28.2. The third kappa shape index (κ3) is 1.33. The number of hydrogen-bond donors (Lipinski definition) is 1. The molecule has 14 heavy (non-hydrogen) atoms. The van der Waals surface area contributed by atoms with E-state index in [-0.39, 0.29) is 11.4 Å². The minimum Gasteiger partial charge on any atom is -0.392 e. The van der Waals surface area contributed by atoms with Crippen LogP contribution < -0.4 is 0 Å². The Balaban J connectivity index is 2.08. The van der Waals surface area contributed by atoms with E-state index >= 15 is 0 Å². The smallest absolute Gasteiger partial charge is 0.238 e. The van der Waals surface area contributed by atoms with Gasteiger partial charge in [-0.2, -0.15) is 0 Å². The maximum Gasteiger partial charge on any atom is 0.238 e. The molecule has 1 saturated carbocycles. The van der Waals surface area contributed by atoms with Crippen molar-refractivity contribution in [1.29, 1.82) is 0 Å². The highest BCUT2D eigenvalue weighted by Gasteiger charge is 2.51. The highest BCUT2D eigenvalue weighted by molar-refractivity contribution is 5.79. The quantitative estimate of drug-likeness (QED) is 0.697. The first-order chi connectivity index (χ1) is 6.55. The number of carbonyl (C=O) groups excluding carboxylic acids is 1. The lowest BCUT2D eigenvalue weighted by Gasteiger charge is -2.45. The Hall–Kier alpha value is -0.610. The van der Waals surface area contributed by atoms with Crippen LogP contribution in [0.15, 0.2) is 0 Å². The number of β-amino-alcohol motifs (C(OH)–C–C–N with tert-alkyl or cyclic N) is 1. The monoisotopic (exact) mass is 198 g/mol. The summed E-state index contributed by atoms with van der Waals surface area (Å²) in [4.78, 5) is 11.7. The van der Waals surface area contributed by atoms with E-state index in [0.717, 1.165) is 12.8 Å². The van der Waals surface area contributed by atoms with Gasteiger partial charge in [0, 0.05) is 19.0 Å². The first-order valence-electron chi connectivity index (χ1n) is 5.27. The molecule has 1 aliphatic carbocycles. The van der Waals surface area contributed by atoms with Crippen molar-refractivity contribution in [3.63, 3.8) is 0 Å². The van der Waals surface area contributed by atoms with Gasteiger partial charge in [0.15, 0.2) is 0 Å². The van der Waals surface area contributed by atoms with Gasteiger partial charge in [0.25, 0.3) is 0 Å². The number of amides is 1. The molecule has 1 atom stereocenters. The van der Waals surface area contributed by atoms with E-state index < -0.39 is 6.10 Å². The number of hydrazine groups is 1. The average molecular weight is 198 g/mol. The van der Waals surface area contributed by atoms with E-state index in [9.17, 15) is 9.90 Å². The molecule has 0 radical (unpaired) electrons. The van der Waals surface area contributed by atoms with Crippen LogP contribution in [0.1, 0.15) is 32.6 Å².